The van der Waals surface area contributed by atoms with Gasteiger partial charge in [0.2, 0.25) is 0 Å². The fourth-order valence-electron chi connectivity index (χ4n) is 1.42. The first-order valence-electron chi connectivity index (χ1n) is 5.85. The van der Waals surface area contributed by atoms with Gasteiger partial charge in [-0.25, -0.2) is 0 Å². The fourth-order valence-corrected chi connectivity index (χ4v) is 3.12. The quantitative estimate of drug-likeness (QED) is 0.284. The van der Waals surface area contributed by atoms with Gasteiger partial charge in [0.25, 0.3) is 0 Å². The highest BCUT2D eigenvalue weighted by Crippen LogP contribution is 2.38. The molecule has 0 aliphatic rings. The highest BCUT2D eigenvalue weighted by molar-refractivity contribution is 9.13. The molecule has 0 amide bonds. The van der Waals surface area contributed by atoms with Gasteiger partial charge in [-0.3, -0.25) is 0 Å². The summed E-state index contributed by atoms with van der Waals surface area (Å²) in [7, 11) is 0. The van der Waals surface area contributed by atoms with E-state index in [0.29, 0.717) is 15.6 Å². The maximum absolute atomic E-state index is 5.82. The van der Waals surface area contributed by atoms with Crippen LogP contribution in [0.2, 0.25) is 20.1 Å². The van der Waals surface area contributed by atoms with Gasteiger partial charge < -0.3 is 0 Å². The van der Waals surface area contributed by atoms with Crippen LogP contribution < -0.4 is 0 Å². The molecule has 2 aromatic rings. The molecule has 0 saturated heterocycles. The van der Waals surface area contributed by atoms with Crippen molar-refractivity contribution in [3.63, 3.8) is 0 Å². The molecule has 2 aromatic carbocycles. The third-order valence-corrected chi connectivity index (χ3v) is 6.40. The van der Waals surface area contributed by atoms with E-state index in [9.17, 15) is 0 Å². The summed E-state index contributed by atoms with van der Waals surface area (Å²) in [5.41, 5.74) is 1.78. The molecular weight excluding hydrogens is 494 g/mol. The van der Waals surface area contributed by atoms with E-state index >= 15 is 0 Å². The van der Waals surface area contributed by atoms with Crippen LogP contribution in [0.25, 0.3) is 12.2 Å². The summed E-state index contributed by atoms with van der Waals surface area (Å²) >= 11 is 29.9. The molecule has 0 unspecified atom stereocenters. The van der Waals surface area contributed by atoms with Gasteiger partial charge in [-0.2, -0.15) is 0 Å². The van der Waals surface area contributed by atoms with Crippen LogP contribution in [-0.2, 0) is 0 Å². The van der Waals surface area contributed by atoms with Crippen LogP contribution in [0.5, 0.6) is 0 Å². The summed E-state index contributed by atoms with van der Waals surface area (Å²) < 4.78 is 2.12. The van der Waals surface area contributed by atoms with Gasteiger partial charge in [0, 0.05) is 8.95 Å². The van der Waals surface area contributed by atoms with Crippen molar-refractivity contribution in [1.82, 2.24) is 0 Å². The largest absolute Gasteiger partial charge is 0.0984 e. The summed E-state index contributed by atoms with van der Waals surface area (Å²) in [5.74, 6) is 0. The first kappa shape index (κ1) is 20.1. The van der Waals surface area contributed by atoms with Crippen LogP contribution in [0.1, 0.15) is 11.1 Å². The van der Waals surface area contributed by atoms with Crippen LogP contribution in [0.15, 0.2) is 46.4 Å². The lowest BCUT2D eigenvalue weighted by Gasteiger charge is -2.04. The van der Waals surface area contributed by atoms with Crippen molar-refractivity contribution in [3.8, 4) is 0 Å². The normalized spacial score (nSPS) is 9.73. The van der Waals surface area contributed by atoms with Gasteiger partial charge in [0.05, 0.1) is 20.1 Å². The number of rotatable bonds is 2. The second-order valence-electron chi connectivity index (χ2n) is 3.94. The number of hydrogen-bond donors (Lipinski definition) is 0. The number of hydrogen-bond acceptors (Lipinski definition) is 0. The van der Waals surface area contributed by atoms with Crippen LogP contribution in [0.3, 0.4) is 0 Å². The molecule has 0 radical (unpaired) electrons. The molecule has 0 aliphatic carbocycles. The molecule has 116 valence electrons. The van der Waals surface area contributed by atoms with Gasteiger partial charge in [0.1, 0.15) is 0 Å². The Morgan fingerprint density at radius 1 is 0.818 bits per heavy atom. The number of halogens is 6. The maximum atomic E-state index is 5.82. The van der Waals surface area contributed by atoms with Gasteiger partial charge in [-0.15, -0.1) is 0 Å². The van der Waals surface area contributed by atoms with Gasteiger partial charge in [-0.1, -0.05) is 83.8 Å². The van der Waals surface area contributed by atoms with E-state index in [2.05, 4.69) is 45.0 Å². The van der Waals surface area contributed by atoms with Gasteiger partial charge in [0.15, 0.2) is 0 Å². The molecule has 0 spiro atoms. The molecule has 0 nitrogen and oxygen atoms in total. The van der Waals surface area contributed by atoms with Crippen LogP contribution in [-0.4, -0.2) is 0 Å². The lowest BCUT2D eigenvalue weighted by Crippen LogP contribution is -1.79. The Bertz CT molecular complexity index is 712. The first-order chi connectivity index (χ1) is 10.3. The molecule has 0 fully saturated rings. The highest BCUT2D eigenvalue weighted by atomic mass is 79.9. The minimum absolute atomic E-state index is 0.265. The van der Waals surface area contributed by atoms with Crippen molar-refractivity contribution < 1.29 is 0 Å². The average Bonchev–Trinajstić information content (AvgIpc) is 2.52. The first-order valence-corrected chi connectivity index (χ1v) is 8.95. The molecule has 0 bridgehead atoms. The Labute approximate surface area is 167 Å². The third-order valence-electron chi connectivity index (χ3n) is 2.55. The van der Waals surface area contributed by atoms with Crippen molar-refractivity contribution >= 4 is 90.4 Å². The molecule has 22 heavy (non-hydrogen) atoms. The molecule has 0 saturated carbocycles. The van der Waals surface area contributed by atoms with Crippen LogP contribution in [0, 0.1) is 0 Å². The molecule has 6 heteroatoms. The molecule has 0 atom stereocenters. The molecule has 2 rings (SSSR count). The van der Waals surface area contributed by atoms with Gasteiger partial charge >= 0.3 is 0 Å². The summed E-state index contributed by atoms with van der Waals surface area (Å²) in [4.78, 5) is 0. The van der Waals surface area contributed by atoms with E-state index in [1.54, 1.807) is 12.1 Å². The zero-order chi connectivity index (χ0) is 16.9. The molecule has 0 heterocycles. The standard InChI is InChI=1S/C8H6Br2.C8H4Cl4/c1-2-6-4-3-5-7(9)8(6)10;1-2-4-3-5(9)7(11)8(12)6(4)10/h2-5H,1H2;2-3H,1H2. The van der Waals surface area contributed by atoms with Crippen molar-refractivity contribution in [3.05, 3.63) is 77.6 Å². The molecule has 0 aromatic heterocycles. The van der Waals surface area contributed by atoms with Crippen molar-refractivity contribution in [2.24, 2.45) is 0 Å². The lowest BCUT2D eigenvalue weighted by molar-refractivity contribution is 1.55. The minimum atomic E-state index is 0.265. The van der Waals surface area contributed by atoms with E-state index in [0.717, 1.165) is 14.5 Å². The SMILES string of the molecule is C=Cc1cc(Cl)c(Cl)c(Cl)c1Cl.C=Cc1cccc(Br)c1Br. The zero-order valence-electron chi connectivity index (χ0n) is 11.1. The smallest absolute Gasteiger partial charge is 0.0799 e. The van der Waals surface area contributed by atoms with Crippen LogP contribution in [0.4, 0.5) is 0 Å². The number of benzene rings is 2. The van der Waals surface area contributed by atoms with Crippen LogP contribution >= 0.6 is 78.3 Å². The summed E-state index contributed by atoms with van der Waals surface area (Å²) in [6, 6.07) is 7.58. The fraction of sp³-hybridized carbons (Fsp3) is 0. The van der Waals surface area contributed by atoms with E-state index in [-0.39, 0.29) is 10.0 Å². The van der Waals surface area contributed by atoms with Crippen molar-refractivity contribution in [1.29, 1.82) is 0 Å². The van der Waals surface area contributed by atoms with Gasteiger partial charge in [-0.05, 0) is 55.1 Å². The van der Waals surface area contributed by atoms with Crippen molar-refractivity contribution in [2.45, 2.75) is 0 Å². The summed E-state index contributed by atoms with van der Waals surface area (Å²) in [6.45, 7) is 7.24. The maximum Gasteiger partial charge on any atom is 0.0799 e. The second-order valence-corrected chi connectivity index (χ2v) is 7.13. The highest BCUT2D eigenvalue weighted by Gasteiger charge is 2.10. The average molecular weight is 504 g/mol. The minimum Gasteiger partial charge on any atom is -0.0984 e. The summed E-state index contributed by atoms with van der Waals surface area (Å²) in [5, 5.41) is 1.29. The Balaban J connectivity index is 0.000000224. The van der Waals surface area contributed by atoms with E-state index in [4.69, 9.17) is 46.4 Å². The molecule has 0 N–H and O–H groups in total. The van der Waals surface area contributed by atoms with E-state index in [1.165, 1.54) is 0 Å². The lowest BCUT2D eigenvalue weighted by atomic mass is 10.2. The Kier molecular flexibility index (Phi) is 8.55. The monoisotopic (exact) mass is 500 g/mol. The topological polar surface area (TPSA) is 0 Å². The molecular formula is C16H10Br2Cl4. The Morgan fingerprint density at radius 3 is 1.91 bits per heavy atom. The predicted octanol–water partition coefficient (Wildman–Crippen LogP) is 8.80. The van der Waals surface area contributed by atoms with Crippen molar-refractivity contribution in [2.75, 3.05) is 0 Å². The summed E-state index contributed by atoms with van der Waals surface area (Å²) in [6.07, 6.45) is 3.38. The van der Waals surface area contributed by atoms with E-state index < -0.39 is 0 Å². The predicted molar refractivity (Wildman–Crippen MR) is 109 cm³/mol. The Morgan fingerprint density at radius 2 is 1.41 bits per heavy atom. The zero-order valence-corrected chi connectivity index (χ0v) is 17.3. The van der Waals surface area contributed by atoms with E-state index in [1.807, 2.05) is 24.3 Å². The second kappa shape index (κ2) is 9.36. The Hall–Kier alpha value is 0.0400. The third kappa shape index (κ3) is 5.02. The molecule has 0 aliphatic heterocycles.